The lowest BCUT2D eigenvalue weighted by atomic mass is 10.2. The van der Waals surface area contributed by atoms with E-state index in [0.29, 0.717) is 18.1 Å². The summed E-state index contributed by atoms with van der Waals surface area (Å²) < 4.78 is 5.64. The molecule has 0 aliphatic rings. The number of hydrogen-bond donors (Lipinski definition) is 0. The van der Waals surface area contributed by atoms with E-state index >= 15 is 0 Å². The number of hydrogen-bond acceptors (Lipinski definition) is 5. The van der Waals surface area contributed by atoms with E-state index < -0.39 is 0 Å². The van der Waals surface area contributed by atoms with Crippen molar-refractivity contribution >= 4 is 17.6 Å². The van der Waals surface area contributed by atoms with Crippen LogP contribution < -0.4 is 4.74 Å². The number of carbonyl (C=O) groups is 1. The van der Waals surface area contributed by atoms with Crippen molar-refractivity contribution in [3.63, 3.8) is 0 Å². The third kappa shape index (κ3) is 3.20. The van der Waals surface area contributed by atoms with Gasteiger partial charge in [-0.2, -0.15) is 0 Å². The van der Waals surface area contributed by atoms with Crippen LogP contribution in [0.3, 0.4) is 0 Å². The van der Waals surface area contributed by atoms with E-state index in [1.807, 2.05) is 37.3 Å². The minimum Gasteiger partial charge on any atom is -0.471 e. The second kappa shape index (κ2) is 6.49. The number of rotatable bonds is 5. The van der Waals surface area contributed by atoms with E-state index in [9.17, 15) is 4.79 Å². The number of aryl methyl sites for hydroxylation is 1. The number of thiazole rings is 1. The van der Waals surface area contributed by atoms with Gasteiger partial charge in [0.2, 0.25) is 5.88 Å². The largest absolute Gasteiger partial charge is 0.471 e. The Morgan fingerprint density at radius 1 is 1.18 bits per heavy atom. The molecule has 0 radical (unpaired) electrons. The number of carbonyl (C=O) groups excluding carboxylic acids is 1. The standard InChI is InChI=1S/C17H14N2O2S/c1-12-15(11-21-16-8-7-13(10-20)9-18-16)19-17(22-12)14-5-3-2-4-6-14/h2-10H,11H2,1H3. The summed E-state index contributed by atoms with van der Waals surface area (Å²) in [5.74, 6) is 0.485. The molecule has 22 heavy (non-hydrogen) atoms. The smallest absolute Gasteiger partial charge is 0.213 e. The van der Waals surface area contributed by atoms with E-state index in [0.717, 1.165) is 27.4 Å². The van der Waals surface area contributed by atoms with Gasteiger partial charge >= 0.3 is 0 Å². The van der Waals surface area contributed by atoms with Gasteiger partial charge in [-0.1, -0.05) is 30.3 Å². The fraction of sp³-hybridized carbons (Fsp3) is 0.118. The summed E-state index contributed by atoms with van der Waals surface area (Å²) in [6, 6.07) is 13.4. The fourth-order valence-corrected chi connectivity index (χ4v) is 2.88. The minimum atomic E-state index is 0.364. The number of aromatic nitrogens is 2. The molecular weight excluding hydrogens is 296 g/mol. The Hall–Kier alpha value is -2.53. The molecule has 0 amide bonds. The molecule has 0 aliphatic heterocycles. The average Bonchev–Trinajstić information content (AvgIpc) is 2.95. The van der Waals surface area contributed by atoms with Crippen LogP contribution in [0.15, 0.2) is 48.7 Å². The van der Waals surface area contributed by atoms with Gasteiger partial charge in [-0.25, -0.2) is 9.97 Å². The molecule has 5 heteroatoms. The Labute approximate surface area is 132 Å². The molecular formula is C17H14N2O2S. The van der Waals surface area contributed by atoms with Crippen molar-refractivity contribution < 1.29 is 9.53 Å². The maximum absolute atomic E-state index is 10.6. The molecule has 3 rings (SSSR count). The van der Waals surface area contributed by atoms with E-state index in [-0.39, 0.29) is 0 Å². The quantitative estimate of drug-likeness (QED) is 0.671. The van der Waals surface area contributed by atoms with Gasteiger partial charge in [-0.15, -0.1) is 11.3 Å². The van der Waals surface area contributed by atoms with Crippen molar-refractivity contribution in [2.24, 2.45) is 0 Å². The van der Waals surface area contributed by atoms with Crippen LogP contribution in [0.25, 0.3) is 10.6 Å². The molecule has 0 fully saturated rings. The molecule has 0 saturated heterocycles. The number of pyridine rings is 1. The van der Waals surface area contributed by atoms with Gasteiger partial charge in [0, 0.05) is 28.3 Å². The second-order valence-corrected chi connectivity index (χ2v) is 5.93. The van der Waals surface area contributed by atoms with Crippen LogP contribution in [-0.2, 0) is 6.61 Å². The van der Waals surface area contributed by atoms with Gasteiger partial charge in [0.05, 0.1) is 5.69 Å². The molecule has 1 aromatic carbocycles. The highest BCUT2D eigenvalue weighted by atomic mass is 32.1. The topological polar surface area (TPSA) is 52.1 Å². The molecule has 0 aliphatic carbocycles. The second-order valence-electron chi connectivity index (χ2n) is 4.72. The molecule has 2 heterocycles. The zero-order valence-corrected chi connectivity index (χ0v) is 12.8. The first-order valence-corrected chi connectivity index (χ1v) is 7.63. The van der Waals surface area contributed by atoms with Gasteiger partial charge in [0.15, 0.2) is 6.29 Å². The molecule has 4 nitrogen and oxygen atoms in total. The third-order valence-corrected chi connectivity index (χ3v) is 4.23. The van der Waals surface area contributed by atoms with Gasteiger partial charge in [0.1, 0.15) is 11.6 Å². The van der Waals surface area contributed by atoms with Crippen LogP contribution in [0.1, 0.15) is 20.9 Å². The SMILES string of the molecule is Cc1sc(-c2ccccc2)nc1COc1ccc(C=O)cn1. The number of nitrogens with zero attached hydrogens (tertiary/aromatic N) is 2. The van der Waals surface area contributed by atoms with Crippen LogP contribution >= 0.6 is 11.3 Å². The van der Waals surface area contributed by atoms with Gasteiger partial charge in [0.25, 0.3) is 0 Å². The molecule has 0 unspecified atom stereocenters. The predicted molar refractivity (Wildman–Crippen MR) is 86.2 cm³/mol. The highest BCUT2D eigenvalue weighted by Gasteiger charge is 2.10. The van der Waals surface area contributed by atoms with E-state index in [4.69, 9.17) is 4.74 Å². The molecule has 0 spiro atoms. The van der Waals surface area contributed by atoms with Crippen molar-refractivity contribution in [2.75, 3.05) is 0 Å². The Bertz CT molecular complexity index is 767. The Morgan fingerprint density at radius 3 is 2.68 bits per heavy atom. The maximum atomic E-state index is 10.6. The minimum absolute atomic E-state index is 0.364. The monoisotopic (exact) mass is 310 g/mol. The van der Waals surface area contributed by atoms with Crippen LogP contribution in [0, 0.1) is 6.92 Å². The van der Waals surface area contributed by atoms with Crippen LogP contribution in [0.4, 0.5) is 0 Å². The zero-order chi connectivity index (χ0) is 15.4. The number of aldehydes is 1. The third-order valence-electron chi connectivity index (χ3n) is 3.17. The summed E-state index contributed by atoms with van der Waals surface area (Å²) in [6.07, 6.45) is 2.25. The summed E-state index contributed by atoms with van der Waals surface area (Å²) in [4.78, 5) is 20.4. The normalized spacial score (nSPS) is 10.4. The highest BCUT2D eigenvalue weighted by molar-refractivity contribution is 7.15. The molecule has 0 N–H and O–H groups in total. The van der Waals surface area contributed by atoms with Crippen molar-refractivity contribution in [1.82, 2.24) is 9.97 Å². The molecule has 3 aromatic rings. The first-order valence-electron chi connectivity index (χ1n) is 6.82. The van der Waals surface area contributed by atoms with Crippen molar-refractivity contribution in [3.05, 3.63) is 64.8 Å². The van der Waals surface area contributed by atoms with Gasteiger partial charge < -0.3 is 4.74 Å². The van der Waals surface area contributed by atoms with Crippen molar-refractivity contribution in [1.29, 1.82) is 0 Å². The predicted octanol–water partition coefficient (Wildman–Crippen LogP) is 3.91. The lowest BCUT2D eigenvalue weighted by Crippen LogP contribution is -1.99. The van der Waals surface area contributed by atoms with Crippen LogP contribution in [0.5, 0.6) is 5.88 Å². The molecule has 0 bridgehead atoms. The summed E-state index contributed by atoms with van der Waals surface area (Å²) in [6.45, 7) is 2.40. The van der Waals surface area contributed by atoms with Gasteiger partial charge in [-0.05, 0) is 13.0 Å². The first kappa shape index (κ1) is 14.4. The Morgan fingerprint density at radius 2 is 2.00 bits per heavy atom. The maximum Gasteiger partial charge on any atom is 0.213 e. The lowest BCUT2D eigenvalue weighted by Gasteiger charge is -2.03. The first-order chi connectivity index (χ1) is 10.8. The van der Waals surface area contributed by atoms with Crippen LogP contribution in [-0.4, -0.2) is 16.3 Å². The molecule has 110 valence electrons. The summed E-state index contributed by atoms with van der Waals surface area (Å²) in [5.41, 5.74) is 2.55. The van der Waals surface area contributed by atoms with E-state index in [1.165, 1.54) is 6.20 Å². The fourth-order valence-electron chi connectivity index (χ4n) is 1.96. The summed E-state index contributed by atoms with van der Waals surface area (Å²) >= 11 is 1.65. The Kier molecular flexibility index (Phi) is 4.25. The van der Waals surface area contributed by atoms with Gasteiger partial charge in [-0.3, -0.25) is 4.79 Å². The van der Waals surface area contributed by atoms with E-state index in [2.05, 4.69) is 9.97 Å². The summed E-state index contributed by atoms with van der Waals surface area (Å²) in [7, 11) is 0. The summed E-state index contributed by atoms with van der Waals surface area (Å²) in [5, 5.41) is 0.987. The average molecular weight is 310 g/mol. The number of benzene rings is 1. The molecule has 2 aromatic heterocycles. The number of ether oxygens (including phenoxy) is 1. The van der Waals surface area contributed by atoms with Crippen molar-refractivity contribution in [3.8, 4) is 16.5 Å². The van der Waals surface area contributed by atoms with E-state index in [1.54, 1.807) is 23.5 Å². The Balaban J connectivity index is 1.72. The van der Waals surface area contributed by atoms with Crippen molar-refractivity contribution in [2.45, 2.75) is 13.5 Å². The highest BCUT2D eigenvalue weighted by Crippen LogP contribution is 2.27. The lowest BCUT2D eigenvalue weighted by molar-refractivity contribution is 0.112. The zero-order valence-electron chi connectivity index (χ0n) is 12.0. The molecule has 0 atom stereocenters. The van der Waals surface area contributed by atoms with Crippen LogP contribution in [0.2, 0.25) is 0 Å². The molecule has 0 saturated carbocycles.